The molecule has 0 spiro atoms. The Bertz CT molecular complexity index is 467. The second-order valence-electron chi connectivity index (χ2n) is 9.70. The van der Waals surface area contributed by atoms with E-state index in [2.05, 4.69) is 26.0 Å². The van der Waals surface area contributed by atoms with E-state index < -0.39 is 0 Å². The molecule has 3 fully saturated rings. The molecular weight excluding hydrogens is 332 g/mol. The molecule has 0 aromatic rings. The number of ether oxygens (including phenoxy) is 1. The fourth-order valence-corrected chi connectivity index (χ4v) is 6.04. The quantitative estimate of drug-likeness (QED) is 0.351. The van der Waals surface area contributed by atoms with E-state index in [1.54, 1.807) is 0 Å². The topological polar surface area (TPSA) is 26.3 Å². The molecule has 2 atom stereocenters. The molecule has 2 heteroatoms. The average Bonchev–Trinajstić information content (AvgIpc) is 2.69. The van der Waals surface area contributed by atoms with E-state index in [4.69, 9.17) is 4.74 Å². The molecule has 0 N–H and O–H groups in total. The normalized spacial score (nSPS) is 38.1. The third-order valence-electron chi connectivity index (χ3n) is 7.80. The van der Waals surface area contributed by atoms with Gasteiger partial charge in [0.2, 0.25) is 0 Å². The van der Waals surface area contributed by atoms with Crippen LogP contribution in [-0.2, 0) is 9.53 Å². The zero-order valence-corrected chi connectivity index (χ0v) is 17.8. The van der Waals surface area contributed by atoms with Gasteiger partial charge in [-0.25, -0.2) is 0 Å². The molecule has 27 heavy (non-hydrogen) atoms. The summed E-state index contributed by atoms with van der Waals surface area (Å²) in [6.07, 6.45) is 23.0. The van der Waals surface area contributed by atoms with E-state index in [-0.39, 0.29) is 18.0 Å². The standard InChI is InChI=1S/C25H42O2/c1-3-5-19-7-9-20(10-8-19)11-12-21-13-15-22(16-14-21)24-18-17-23(6-4-2)27-25(24)26/h3,5,19-24H,4,6-18H2,1-2H3/b5-3+. The van der Waals surface area contributed by atoms with Gasteiger partial charge in [0, 0.05) is 0 Å². The maximum absolute atomic E-state index is 12.4. The first-order valence-electron chi connectivity index (χ1n) is 12.0. The highest BCUT2D eigenvalue weighted by Gasteiger charge is 2.37. The molecule has 1 saturated heterocycles. The molecule has 2 unspecified atom stereocenters. The summed E-state index contributed by atoms with van der Waals surface area (Å²) in [6.45, 7) is 4.33. The number of carbonyl (C=O) groups excluding carboxylic acids is 1. The summed E-state index contributed by atoms with van der Waals surface area (Å²) < 4.78 is 5.73. The first-order valence-corrected chi connectivity index (χ1v) is 12.0. The summed E-state index contributed by atoms with van der Waals surface area (Å²) in [5.74, 6) is 3.69. The molecule has 0 radical (unpaired) electrons. The summed E-state index contributed by atoms with van der Waals surface area (Å²) in [5, 5.41) is 0. The van der Waals surface area contributed by atoms with Gasteiger partial charge in [-0.05, 0) is 88.4 Å². The van der Waals surface area contributed by atoms with Gasteiger partial charge in [-0.1, -0.05) is 51.2 Å². The first kappa shape index (κ1) is 20.9. The van der Waals surface area contributed by atoms with Gasteiger partial charge in [0.1, 0.15) is 6.10 Å². The smallest absolute Gasteiger partial charge is 0.309 e. The van der Waals surface area contributed by atoms with E-state index in [1.165, 1.54) is 64.2 Å². The molecule has 0 amide bonds. The average molecular weight is 375 g/mol. The van der Waals surface area contributed by atoms with Crippen molar-refractivity contribution in [3.05, 3.63) is 12.2 Å². The molecule has 0 aromatic carbocycles. The summed E-state index contributed by atoms with van der Waals surface area (Å²) in [5.41, 5.74) is 0. The van der Waals surface area contributed by atoms with Crippen molar-refractivity contribution in [1.82, 2.24) is 0 Å². The number of carbonyl (C=O) groups is 1. The fraction of sp³-hybridized carbons (Fsp3) is 0.880. The SMILES string of the molecule is C/C=C/C1CCC(CCC2CCC(C3CCC(CCC)OC3=O)CC2)CC1. The van der Waals surface area contributed by atoms with Crippen molar-refractivity contribution in [2.45, 2.75) is 110 Å². The largest absolute Gasteiger partial charge is 0.462 e. The van der Waals surface area contributed by atoms with Crippen LogP contribution in [0.2, 0.25) is 0 Å². The first-order chi connectivity index (χ1) is 13.2. The number of rotatable bonds is 7. The third kappa shape index (κ3) is 6.09. The second kappa shape index (κ2) is 10.7. The zero-order chi connectivity index (χ0) is 19.1. The monoisotopic (exact) mass is 374 g/mol. The van der Waals surface area contributed by atoms with Crippen LogP contribution in [0.3, 0.4) is 0 Å². The Morgan fingerprint density at radius 2 is 1.48 bits per heavy atom. The number of cyclic esters (lactones) is 1. The van der Waals surface area contributed by atoms with Gasteiger partial charge in [0.05, 0.1) is 5.92 Å². The number of allylic oxidation sites excluding steroid dienone is 2. The van der Waals surface area contributed by atoms with Gasteiger partial charge >= 0.3 is 5.97 Å². The van der Waals surface area contributed by atoms with Crippen molar-refractivity contribution < 1.29 is 9.53 Å². The van der Waals surface area contributed by atoms with Gasteiger partial charge in [-0.3, -0.25) is 4.79 Å². The minimum atomic E-state index is 0.126. The molecule has 3 rings (SSSR count). The molecular formula is C25H42O2. The Morgan fingerprint density at radius 1 is 0.852 bits per heavy atom. The lowest BCUT2D eigenvalue weighted by Crippen LogP contribution is -2.36. The van der Waals surface area contributed by atoms with Crippen LogP contribution in [0, 0.1) is 29.6 Å². The third-order valence-corrected chi connectivity index (χ3v) is 7.80. The Labute approximate surface area is 167 Å². The van der Waals surface area contributed by atoms with Crippen LogP contribution < -0.4 is 0 Å². The molecule has 3 aliphatic rings. The van der Waals surface area contributed by atoms with E-state index >= 15 is 0 Å². The Balaban J connectivity index is 1.33. The van der Waals surface area contributed by atoms with Crippen LogP contribution >= 0.6 is 0 Å². The van der Waals surface area contributed by atoms with Crippen molar-refractivity contribution in [3.8, 4) is 0 Å². The predicted molar refractivity (Wildman–Crippen MR) is 112 cm³/mol. The molecule has 154 valence electrons. The fourth-order valence-electron chi connectivity index (χ4n) is 6.04. The van der Waals surface area contributed by atoms with E-state index in [0.717, 1.165) is 43.4 Å². The lowest BCUT2D eigenvalue weighted by Gasteiger charge is -2.37. The lowest BCUT2D eigenvalue weighted by molar-refractivity contribution is -0.164. The highest BCUT2D eigenvalue weighted by atomic mass is 16.5. The zero-order valence-electron chi connectivity index (χ0n) is 17.8. The van der Waals surface area contributed by atoms with Crippen LogP contribution in [0.15, 0.2) is 12.2 Å². The van der Waals surface area contributed by atoms with Gasteiger partial charge in [-0.15, -0.1) is 0 Å². The van der Waals surface area contributed by atoms with Gasteiger partial charge < -0.3 is 4.74 Å². The number of esters is 1. The summed E-state index contributed by atoms with van der Waals surface area (Å²) in [6, 6.07) is 0. The number of hydrogen-bond donors (Lipinski definition) is 0. The van der Waals surface area contributed by atoms with Crippen LogP contribution in [0.25, 0.3) is 0 Å². The minimum Gasteiger partial charge on any atom is -0.462 e. The van der Waals surface area contributed by atoms with Crippen molar-refractivity contribution in [3.63, 3.8) is 0 Å². The Hall–Kier alpha value is -0.790. The maximum Gasteiger partial charge on any atom is 0.309 e. The van der Waals surface area contributed by atoms with Crippen molar-refractivity contribution in [2.24, 2.45) is 29.6 Å². The van der Waals surface area contributed by atoms with E-state index in [1.807, 2.05) is 0 Å². The van der Waals surface area contributed by atoms with Crippen molar-refractivity contribution in [1.29, 1.82) is 0 Å². The molecule has 1 aliphatic heterocycles. The molecule has 0 bridgehead atoms. The maximum atomic E-state index is 12.4. The van der Waals surface area contributed by atoms with E-state index in [0.29, 0.717) is 5.92 Å². The number of hydrogen-bond acceptors (Lipinski definition) is 2. The Morgan fingerprint density at radius 3 is 2.04 bits per heavy atom. The molecule has 2 saturated carbocycles. The summed E-state index contributed by atoms with van der Waals surface area (Å²) in [7, 11) is 0. The highest BCUT2D eigenvalue weighted by Crippen LogP contribution is 2.41. The molecule has 2 aliphatic carbocycles. The van der Waals surface area contributed by atoms with Crippen LogP contribution in [0.4, 0.5) is 0 Å². The van der Waals surface area contributed by atoms with Gasteiger partial charge in [0.25, 0.3) is 0 Å². The van der Waals surface area contributed by atoms with E-state index in [9.17, 15) is 4.79 Å². The summed E-state index contributed by atoms with van der Waals surface area (Å²) >= 11 is 0. The second-order valence-corrected chi connectivity index (χ2v) is 9.70. The van der Waals surface area contributed by atoms with Gasteiger partial charge in [0.15, 0.2) is 0 Å². The lowest BCUT2D eigenvalue weighted by atomic mass is 9.71. The highest BCUT2D eigenvalue weighted by molar-refractivity contribution is 5.73. The van der Waals surface area contributed by atoms with Gasteiger partial charge in [-0.2, -0.15) is 0 Å². The summed E-state index contributed by atoms with van der Waals surface area (Å²) in [4.78, 5) is 12.4. The van der Waals surface area contributed by atoms with Crippen molar-refractivity contribution in [2.75, 3.05) is 0 Å². The predicted octanol–water partition coefficient (Wildman–Crippen LogP) is 7.08. The molecule has 0 aromatic heterocycles. The van der Waals surface area contributed by atoms with Crippen LogP contribution in [-0.4, -0.2) is 12.1 Å². The molecule has 2 nitrogen and oxygen atoms in total. The van der Waals surface area contributed by atoms with Crippen LogP contribution in [0.5, 0.6) is 0 Å². The Kier molecular flexibility index (Phi) is 8.27. The molecule has 1 heterocycles. The minimum absolute atomic E-state index is 0.126. The van der Waals surface area contributed by atoms with Crippen LogP contribution in [0.1, 0.15) is 104 Å². The van der Waals surface area contributed by atoms with Crippen molar-refractivity contribution >= 4 is 5.97 Å².